The number of hydrogen-bond donors (Lipinski definition) is 1. The minimum absolute atomic E-state index is 0.287. The van der Waals surface area contributed by atoms with E-state index in [0.717, 1.165) is 0 Å². The van der Waals surface area contributed by atoms with Gasteiger partial charge in [0.2, 0.25) is 0 Å². The molecule has 0 radical (unpaired) electrons. The molecular weight excluding hydrogens is 291 g/mol. The number of alkyl halides is 3. The smallest absolute Gasteiger partial charge is 0.406 e. The van der Waals surface area contributed by atoms with Crippen LogP contribution in [-0.4, -0.2) is 15.3 Å². The third-order valence-corrected chi connectivity index (χ3v) is 4.11. The lowest BCUT2D eigenvalue weighted by molar-refractivity contribution is -0.274. The van der Waals surface area contributed by atoms with Gasteiger partial charge in [0.15, 0.2) is 0 Å². The molecule has 20 heavy (non-hydrogen) atoms. The molecule has 0 spiro atoms. The van der Waals surface area contributed by atoms with E-state index >= 15 is 0 Å². The Morgan fingerprint density at radius 1 is 1.25 bits per heavy atom. The predicted octanol–water partition coefficient (Wildman–Crippen LogP) is 3.70. The Kier molecular flexibility index (Phi) is 5.21. The van der Waals surface area contributed by atoms with Gasteiger partial charge in [0.25, 0.3) is 0 Å². The Labute approximate surface area is 119 Å². The second kappa shape index (κ2) is 6.13. The number of hydrogen-bond acceptors (Lipinski definition) is 2. The second-order valence-corrected chi connectivity index (χ2v) is 7.34. The van der Waals surface area contributed by atoms with Gasteiger partial charge in [-0.2, -0.15) is 0 Å². The summed E-state index contributed by atoms with van der Waals surface area (Å²) >= 11 is 0. The molecule has 1 aromatic carbocycles. The van der Waals surface area contributed by atoms with Gasteiger partial charge >= 0.3 is 6.36 Å². The van der Waals surface area contributed by atoms with Crippen molar-refractivity contribution in [1.29, 1.82) is 0 Å². The van der Waals surface area contributed by atoms with Gasteiger partial charge in [-0.1, -0.05) is 12.1 Å². The summed E-state index contributed by atoms with van der Waals surface area (Å²) in [5, 5.41) is 0. The number of rotatable bonds is 4. The molecule has 0 aliphatic rings. The van der Waals surface area contributed by atoms with Crippen LogP contribution in [0.25, 0.3) is 0 Å². The van der Waals surface area contributed by atoms with Crippen molar-refractivity contribution in [2.45, 2.75) is 44.8 Å². The van der Waals surface area contributed by atoms with Crippen LogP contribution in [0.4, 0.5) is 13.2 Å². The maximum atomic E-state index is 12.2. The molecule has 3 nitrogen and oxygen atoms in total. The van der Waals surface area contributed by atoms with Gasteiger partial charge in [-0.25, -0.2) is 8.93 Å². The normalized spacial score (nSPS) is 15.8. The molecule has 0 saturated heterocycles. The summed E-state index contributed by atoms with van der Waals surface area (Å²) in [5.74, 6) is -0.287. The van der Waals surface area contributed by atoms with Gasteiger partial charge in [0.1, 0.15) is 5.75 Å². The summed E-state index contributed by atoms with van der Waals surface area (Å²) in [7, 11) is -1.31. The van der Waals surface area contributed by atoms with Crippen molar-refractivity contribution < 1.29 is 22.1 Å². The number of halogens is 3. The van der Waals surface area contributed by atoms with Crippen molar-refractivity contribution >= 4 is 11.0 Å². The first-order valence-corrected chi connectivity index (χ1v) is 7.18. The molecule has 0 bridgehead atoms. The predicted molar refractivity (Wildman–Crippen MR) is 72.6 cm³/mol. The topological polar surface area (TPSA) is 38.3 Å². The SMILES string of the molecule is C[C@@H](NS(=O)C(C)(C)C)c1cccc(OC(F)(F)F)c1. The van der Waals surface area contributed by atoms with Crippen molar-refractivity contribution in [3.8, 4) is 5.75 Å². The summed E-state index contributed by atoms with van der Waals surface area (Å²) in [6, 6.07) is 5.27. The van der Waals surface area contributed by atoms with E-state index in [-0.39, 0.29) is 11.8 Å². The largest absolute Gasteiger partial charge is 0.573 e. The second-order valence-electron chi connectivity index (χ2n) is 5.34. The fourth-order valence-corrected chi connectivity index (χ4v) is 2.20. The molecule has 1 N–H and O–H groups in total. The molecule has 0 heterocycles. The number of nitrogens with one attached hydrogen (secondary N) is 1. The molecule has 0 aliphatic heterocycles. The molecule has 0 fully saturated rings. The van der Waals surface area contributed by atoms with Gasteiger partial charge in [-0.3, -0.25) is 0 Å². The van der Waals surface area contributed by atoms with E-state index in [0.29, 0.717) is 5.56 Å². The molecular formula is C13H18F3NO2S. The van der Waals surface area contributed by atoms with Crippen LogP contribution < -0.4 is 9.46 Å². The zero-order valence-electron chi connectivity index (χ0n) is 11.7. The standard InChI is InChI=1S/C13H18F3NO2S/c1-9(17-20(18)12(2,3)4)10-6-5-7-11(8-10)19-13(14,15)16/h5-9,17H,1-4H3/t9-,20?/m1/s1. The molecule has 1 rings (SSSR count). The minimum atomic E-state index is -4.72. The summed E-state index contributed by atoms with van der Waals surface area (Å²) in [6.07, 6.45) is -4.72. The van der Waals surface area contributed by atoms with Crippen LogP contribution in [0, 0.1) is 0 Å². The number of benzene rings is 1. The van der Waals surface area contributed by atoms with Crippen LogP contribution in [0.3, 0.4) is 0 Å². The molecule has 7 heteroatoms. The average molecular weight is 309 g/mol. The maximum Gasteiger partial charge on any atom is 0.573 e. The Balaban J connectivity index is 2.81. The summed E-state index contributed by atoms with van der Waals surface area (Å²) < 4.78 is 54.7. The van der Waals surface area contributed by atoms with Crippen LogP contribution in [0.15, 0.2) is 24.3 Å². The molecule has 114 valence electrons. The Morgan fingerprint density at radius 2 is 1.85 bits per heavy atom. The van der Waals surface area contributed by atoms with E-state index in [9.17, 15) is 17.4 Å². The van der Waals surface area contributed by atoms with Crippen molar-refractivity contribution in [3.05, 3.63) is 29.8 Å². The highest BCUT2D eigenvalue weighted by molar-refractivity contribution is 7.84. The van der Waals surface area contributed by atoms with Crippen LogP contribution in [0.5, 0.6) is 5.75 Å². The summed E-state index contributed by atoms with van der Waals surface area (Å²) in [5.41, 5.74) is 0.573. The van der Waals surface area contributed by atoms with Gasteiger partial charge in [0, 0.05) is 6.04 Å². The fourth-order valence-electron chi connectivity index (χ4n) is 1.39. The highest BCUT2D eigenvalue weighted by Gasteiger charge is 2.31. The van der Waals surface area contributed by atoms with E-state index in [2.05, 4.69) is 9.46 Å². The molecule has 0 aromatic heterocycles. The maximum absolute atomic E-state index is 12.2. The lowest BCUT2D eigenvalue weighted by Gasteiger charge is -2.22. The molecule has 2 atom stereocenters. The summed E-state index contributed by atoms with van der Waals surface area (Å²) in [6.45, 7) is 7.17. The van der Waals surface area contributed by atoms with E-state index in [1.807, 2.05) is 20.8 Å². The highest BCUT2D eigenvalue weighted by Crippen LogP contribution is 2.26. The average Bonchev–Trinajstić information content (AvgIpc) is 2.25. The van der Waals surface area contributed by atoms with E-state index in [1.165, 1.54) is 18.2 Å². The molecule has 0 aliphatic carbocycles. The van der Waals surface area contributed by atoms with Crippen LogP contribution in [0.2, 0.25) is 0 Å². The van der Waals surface area contributed by atoms with Crippen molar-refractivity contribution in [2.24, 2.45) is 0 Å². The van der Waals surface area contributed by atoms with Gasteiger partial charge < -0.3 is 4.74 Å². The highest BCUT2D eigenvalue weighted by atomic mass is 32.2. The van der Waals surface area contributed by atoms with E-state index < -0.39 is 22.1 Å². The Bertz CT molecular complexity index is 483. The number of ether oxygens (including phenoxy) is 1. The first-order chi connectivity index (χ1) is 8.99. The third kappa shape index (κ3) is 5.50. The van der Waals surface area contributed by atoms with E-state index in [4.69, 9.17) is 0 Å². The lowest BCUT2D eigenvalue weighted by atomic mass is 10.1. The first kappa shape index (κ1) is 17.0. The van der Waals surface area contributed by atoms with Gasteiger partial charge in [0.05, 0.1) is 15.7 Å². The van der Waals surface area contributed by atoms with Crippen LogP contribution in [0.1, 0.15) is 39.3 Å². The zero-order valence-corrected chi connectivity index (χ0v) is 12.6. The van der Waals surface area contributed by atoms with Crippen molar-refractivity contribution in [3.63, 3.8) is 0 Å². The summed E-state index contributed by atoms with van der Waals surface area (Å²) in [4.78, 5) is 0. The van der Waals surface area contributed by atoms with Crippen molar-refractivity contribution in [1.82, 2.24) is 4.72 Å². The quantitative estimate of drug-likeness (QED) is 0.921. The van der Waals surface area contributed by atoms with Gasteiger partial charge in [-0.05, 0) is 45.4 Å². The minimum Gasteiger partial charge on any atom is -0.406 e. The third-order valence-electron chi connectivity index (χ3n) is 2.43. The van der Waals surface area contributed by atoms with Crippen molar-refractivity contribution in [2.75, 3.05) is 0 Å². The van der Waals surface area contributed by atoms with E-state index in [1.54, 1.807) is 13.0 Å². The molecule has 0 amide bonds. The van der Waals surface area contributed by atoms with Crippen LogP contribution >= 0.6 is 0 Å². The monoisotopic (exact) mass is 309 g/mol. The zero-order chi connectivity index (χ0) is 15.6. The van der Waals surface area contributed by atoms with Crippen LogP contribution in [-0.2, 0) is 11.0 Å². The first-order valence-electron chi connectivity index (χ1n) is 6.03. The molecule has 1 aromatic rings. The van der Waals surface area contributed by atoms with Gasteiger partial charge in [-0.15, -0.1) is 13.2 Å². The lowest BCUT2D eigenvalue weighted by Crippen LogP contribution is -2.34. The fraction of sp³-hybridized carbons (Fsp3) is 0.538. The Morgan fingerprint density at radius 3 is 2.35 bits per heavy atom. The molecule has 1 unspecified atom stereocenters. The Hall–Kier alpha value is -1.08. The molecule has 0 saturated carbocycles.